The van der Waals surface area contributed by atoms with Gasteiger partial charge in [0.05, 0.1) is 5.69 Å². The fourth-order valence-electron chi connectivity index (χ4n) is 1.96. The molecule has 5 heteroatoms. The number of hydrogen-bond acceptors (Lipinski definition) is 3. The van der Waals surface area contributed by atoms with E-state index in [0.717, 1.165) is 16.8 Å². The molecule has 5 nitrogen and oxygen atoms in total. The summed E-state index contributed by atoms with van der Waals surface area (Å²) in [4.78, 5) is 26.4. The highest BCUT2D eigenvalue weighted by Crippen LogP contribution is 2.17. The van der Waals surface area contributed by atoms with Gasteiger partial charge in [-0.1, -0.05) is 12.1 Å². The molecule has 1 aromatic carbocycles. The molecule has 0 spiro atoms. The summed E-state index contributed by atoms with van der Waals surface area (Å²) in [6, 6.07) is 7.06. The molecule has 1 amide bonds. The fourth-order valence-corrected chi connectivity index (χ4v) is 1.96. The van der Waals surface area contributed by atoms with Gasteiger partial charge in [0.2, 0.25) is 5.43 Å². The summed E-state index contributed by atoms with van der Waals surface area (Å²) in [7, 11) is 0. The average molecular weight is 286 g/mol. The van der Waals surface area contributed by atoms with Crippen molar-refractivity contribution in [1.29, 1.82) is 0 Å². The van der Waals surface area contributed by atoms with Crippen LogP contribution in [0, 0.1) is 20.8 Å². The minimum Gasteiger partial charge on any atom is -0.478 e. The molecule has 0 unspecified atom stereocenters. The first-order valence-electron chi connectivity index (χ1n) is 6.66. The number of carbonyl (C=O) groups excluding carboxylic acids is 1. The molecular formula is C16H18N2O3. The zero-order chi connectivity index (χ0) is 15.4. The van der Waals surface area contributed by atoms with Crippen LogP contribution >= 0.6 is 0 Å². The Morgan fingerprint density at radius 1 is 1.24 bits per heavy atom. The normalized spacial score (nSPS) is 10.2. The van der Waals surface area contributed by atoms with Crippen molar-refractivity contribution in [3.63, 3.8) is 0 Å². The monoisotopic (exact) mass is 286 g/mol. The summed E-state index contributed by atoms with van der Waals surface area (Å²) in [5.74, 6) is -0.125. The van der Waals surface area contributed by atoms with Crippen LogP contribution in [-0.4, -0.2) is 17.5 Å². The number of pyridine rings is 1. The molecule has 0 aliphatic heterocycles. The Labute approximate surface area is 123 Å². The van der Waals surface area contributed by atoms with Crippen LogP contribution in [-0.2, 0) is 4.79 Å². The standard InChI is InChI=1S/C16H18N2O3/c1-10-5-4-6-13(11(10)2)18-15(20)9-21-16-12(3)17-8-7-14(16)19/h4-8H,9H2,1-3H3,(H,17,19)(H,18,20). The van der Waals surface area contributed by atoms with Gasteiger partial charge in [0, 0.05) is 18.0 Å². The Bertz CT molecular complexity index is 720. The first-order chi connectivity index (χ1) is 9.99. The predicted octanol–water partition coefficient (Wildman–Crippen LogP) is 2.32. The number of ether oxygens (including phenoxy) is 1. The number of H-pyrrole nitrogens is 1. The highest BCUT2D eigenvalue weighted by atomic mass is 16.5. The summed E-state index contributed by atoms with van der Waals surface area (Å²) in [5.41, 5.74) is 3.22. The molecule has 0 saturated carbocycles. The van der Waals surface area contributed by atoms with Crippen molar-refractivity contribution in [3.8, 4) is 5.75 Å². The predicted molar refractivity (Wildman–Crippen MR) is 81.8 cm³/mol. The van der Waals surface area contributed by atoms with Crippen LogP contribution in [0.4, 0.5) is 5.69 Å². The van der Waals surface area contributed by atoms with E-state index in [1.54, 1.807) is 13.1 Å². The van der Waals surface area contributed by atoms with Crippen LogP contribution in [0.15, 0.2) is 35.3 Å². The van der Waals surface area contributed by atoms with Crippen LogP contribution in [0.5, 0.6) is 5.75 Å². The Morgan fingerprint density at radius 3 is 2.71 bits per heavy atom. The number of aryl methyl sites for hydroxylation is 2. The lowest BCUT2D eigenvalue weighted by Gasteiger charge is -2.11. The number of amides is 1. The van der Waals surface area contributed by atoms with Crippen LogP contribution in [0.25, 0.3) is 0 Å². The van der Waals surface area contributed by atoms with E-state index in [1.165, 1.54) is 6.07 Å². The second-order valence-corrected chi connectivity index (χ2v) is 4.88. The van der Waals surface area contributed by atoms with Gasteiger partial charge in [0.15, 0.2) is 12.4 Å². The maximum absolute atomic E-state index is 11.9. The maximum atomic E-state index is 11.9. The summed E-state index contributed by atoms with van der Waals surface area (Å²) in [6.45, 7) is 5.44. The van der Waals surface area contributed by atoms with Gasteiger partial charge in [-0.15, -0.1) is 0 Å². The van der Waals surface area contributed by atoms with Crippen LogP contribution < -0.4 is 15.5 Å². The third-order valence-electron chi connectivity index (χ3n) is 3.33. The summed E-state index contributed by atoms with van der Waals surface area (Å²) >= 11 is 0. The number of anilines is 1. The minimum absolute atomic E-state index is 0.175. The van der Waals surface area contributed by atoms with E-state index in [1.807, 2.05) is 32.0 Å². The van der Waals surface area contributed by atoms with E-state index in [0.29, 0.717) is 5.69 Å². The second-order valence-electron chi connectivity index (χ2n) is 4.88. The largest absolute Gasteiger partial charge is 0.478 e. The zero-order valence-corrected chi connectivity index (χ0v) is 12.3. The van der Waals surface area contributed by atoms with Crippen molar-refractivity contribution < 1.29 is 9.53 Å². The van der Waals surface area contributed by atoms with Gasteiger partial charge in [0.1, 0.15) is 0 Å². The van der Waals surface area contributed by atoms with Crippen molar-refractivity contribution in [2.24, 2.45) is 0 Å². The number of aromatic nitrogens is 1. The molecule has 0 fully saturated rings. The van der Waals surface area contributed by atoms with E-state index in [9.17, 15) is 9.59 Å². The van der Waals surface area contributed by atoms with Crippen LogP contribution in [0.3, 0.4) is 0 Å². The van der Waals surface area contributed by atoms with Gasteiger partial charge in [-0.2, -0.15) is 0 Å². The Kier molecular flexibility index (Phi) is 4.42. The fraction of sp³-hybridized carbons (Fsp3) is 0.250. The quantitative estimate of drug-likeness (QED) is 0.906. The molecule has 1 heterocycles. The third-order valence-corrected chi connectivity index (χ3v) is 3.33. The zero-order valence-electron chi connectivity index (χ0n) is 12.3. The molecule has 2 rings (SSSR count). The van der Waals surface area contributed by atoms with E-state index in [-0.39, 0.29) is 23.7 Å². The number of aromatic amines is 1. The highest BCUT2D eigenvalue weighted by molar-refractivity contribution is 5.92. The van der Waals surface area contributed by atoms with Gasteiger partial charge < -0.3 is 15.0 Å². The number of benzene rings is 1. The number of hydrogen-bond donors (Lipinski definition) is 2. The van der Waals surface area contributed by atoms with E-state index >= 15 is 0 Å². The molecule has 21 heavy (non-hydrogen) atoms. The first-order valence-corrected chi connectivity index (χ1v) is 6.66. The Balaban J connectivity index is 2.03. The summed E-state index contributed by atoms with van der Waals surface area (Å²) in [5, 5.41) is 2.78. The van der Waals surface area contributed by atoms with Gasteiger partial charge in [-0.05, 0) is 38.0 Å². The molecule has 0 atom stereocenters. The van der Waals surface area contributed by atoms with Crippen molar-refractivity contribution in [2.45, 2.75) is 20.8 Å². The summed E-state index contributed by atoms with van der Waals surface area (Å²) in [6.07, 6.45) is 1.54. The lowest BCUT2D eigenvalue weighted by Crippen LogP contribution is -2.23. The second kappa shape index (κ2) is 6.26. The minimum atomic E-state index is -0.300. The molecule has 1 aromatic heterocycles. The lowest BCUT2D eigenvalue weighted by atomic mass is 10.1. The maximum Gasteiger partial charge on any atom is 0.262 e. The van der Waals surface area contributed by atoms with Crippen molar-refractivity contribution >= 4 is 11.6 Å². The van der Waals surface area contributed by atoms with Gasteiger partial charge in [0.25, 0.3) is 5.91 Å². The van der Waals surface area contributed by atoms with E-state index in [4.69, 9.17) is 4.74 Å². The molecule has 0 radical (unpaired) electrons. The number of carbonyl (C=O) groups is 1. The molecule has 0 saturated heterocycles. The van der Waals surface area contributed by atoms with Crippen molar-refractivity contribution in [1.82, 2.24) is 4.98 Å². The van der Waals surface area contributed by atoms with Crippen molar-refractivity contribution in [3.05, 3.63) is 57.5 Å². The molecule has 110 valence electrons. The number of rotatable bonds is 4. The van der Waals surface area contributed by atoms with Gasteiger partial charge in [-0.3, -0.25) is 9.59 Å². The van der Waals surface area contributed by atoms with E-state index in [2.05, 4.69) is 10.3 Å². The Morgan fingerprint density at radius 2 is 2.00 bits per heavy atom. The van der Waals surface area contributed by atoms with Crippen LogP contribution in [0.2, 0.25) is 0 Å². The smallest absolute Gasteiger partial charge is 0.262 e. The molecular weight excluding hydrogens is 268 g/mol. The highest BCUT2D eigenvalue weighted by Gasteiger charge is 2.10. The third kappa shape index (κ3) is 3.51. The van der Waals surface area contributed by atoms with E-state index < -0.39 is 0 Å². The Hall–Kier alpha value is -2.56. The molecule has 0 bridgehead atoms. The number of nitrogens with one attached hydrogen (secondary N) is 2. The lowest BCUT2D eigenvalue weighted by molar-refractivity contribution is -0.118. The SMILES string of the molecule is Cc1cccc(NC(=O)COc2c(C)[nH]ccc2=O)c1C. The van der Waals surface area contributed by atoms with Crippen LogP contribution in [0.1, 0.15) is 16.8 Å². The average Bonchev–Trinajstić information content (AvgIpc) is 2.43. The molecule has 2 N–H and O–H groups in total. The molecule has 0 aliphatic carbocycles. The first kappa shape index (κ1) is 14.8. The van der Waals surface area contributed by atoms with Gasteiger partial charge in [-0.25, -0.2) is 0 Å². The molecule has 2 aromatic rings. The summed E-state index contributed by atoms with van der Waals surface area (Å²) < 4.78 is 5.32. The topological polar surface area (TPSA) is 71.2 Å². The van der Waals surface area contributed by atoms with Crippen molar-refractivity contribution in [2.75, 3.05) is 11.9 Å². The van der Waals surface area contributed by atoms with Gasteiger partial charge >= 0.3 is 0 Å². The molecule has 0 aliphatic rings.